The molecule has 2 unspecified atom stereocenters. The molecule has 0 aromatic heterocycles. The van der Waals surface area contributed by atoms with E-state index >= 15 is 0 Å². The summed E-state index contributed by atoms with van der Waals surface area (Å²) in [6, 6.07) is 16.8. The Hall–Kier alpha value is -3.02. The van der Waals surface area contributed by atoms with Crippen LogP contribution in [-0.2, 0) is 9.59 Å². The molecule has 0 aliphatic carbocycles. The Labute approximate surface area is 206 Å². The summed E-state index contributed by atoms with van der Waals surface area (Å²) in [4.78, 5) is 24.4. The summed E-state index contributed by atoms with van der Waals surface area (Å²) in [7, 11) is 0. The van der Waals surface area contributed by atoms with E-state index in [1.54, 1.807) is 0 Å². The van der Waals surface area contributed by atoms with Gasteiger partial charge in [0, 0.05) is 55.2 Å². The number of hydrogen-bond donors (Lipinski definition) is 3. The van der Waals surface area contributed by atoms with Gasteiger partial charge in [0.1, 0.15) is 0 Å². The minimum atomic E-state index is -0.0457. The third-order valence-electron chi connectivity index (χ3n) is 5.58. The molecule has 0 aliphatic rings. The molecular weight excluding hydrogens is 424 g/mol. The number of amides is 2. The van der Waals surface area contributed by atoms with Gasteiger partial charge in [-0.05, 0) is 69.5 Å². The van der Waals surface area contributed by atoms with Gasteiger partial charge in [-0.25, -0.2) is 0 Å². The lowest BCUT2D eigenvalue weighted by molar-refractivity contribution is -0.115. The van der Waals surface area contributed by atoms with Crippen LogP contribution in [0.4, 0.5) is 22.7 Å². The summed E-state index contributed by atoms with van der Waals surface area (Å²) < 4.78 is 0. The summed E-state index contributed by atoms with van der Waals surface area (Å²) in [5.41, 5.74) is 3.93. The molecule has 2 aromatic rings. The zero-order chi connectivity index (χ0) is 25.5. The highest BCUT2D eigenvalue weighted by Gasteiger charge is 2.13. The minimum Gasteiger partial charge on any atom is -0.383 e. The van der Waals surface area contributed by atoms with Crippen LogP contribution in [0, 0.1) is 0 Å². The fourth-order valence-corrected chi connectivity index (χ4v) is 3.39. The average Bonchev–Trinajstić information content (AvgIpc) is 2.79. The van der Waals surface area contributed by atoms with Crippen LogP contribution in [0.15, 0.2) is 48.5 Å². The molecule has 0 heterocycles. The number of rotatable bonds is 11. The molecule has 0 aliphatic heterocycles. The Balaban J connectivity index is 0.000000350. The van der Waals surface area contributed by atoms with Gasteiger partial charge in [-0.15, -0.1) is 0 Å². The standard InChI is InChI=1S/C16H26N2O.C12H18N2O/c1-5-7-11-18(13(3)6-2)16-10-8-9-15(12-16)17-14(4)19;1-4-9(2)13-11-6-5-7-12(8-11)14-10(3)15/h8-10,12-13H,5-7,11H2,1-4H3,(H,17,19);5-9,13H,4H2,1-3H3,(H,14,15). The largest absolute Gasteiger partial charge is 0.383 e. The van der Waals surface area contributed by atoms with E-state index in [1.165, 1.54) is 32.4 Å². The number of anilines is 4. The fourth-order valence-electron chi connectivity index (χ4n) is 3.39. The maximum absolute atomic E-state index is 11.1. The summed E-state index contributed by atoms with van der Waals surface area (Å²) >= 11 is 0. The lowest BCUT2D eigenvalue weighted by Gasteiger charge is -2.31. The highest BCUT2D eigenvalue weighted by atomic mass is 16.2. The Morgan fingerprint density at radius 2 is 1.38 bits per heavy atom. The zero-order valence-corrected chi connectivity index (χ0v) is 22.1. The molecule has 2 atom stereocenters. The van der Waals surface area contributed by atoms with E-state index in [9.17, 15) is 9.59 Å². The number of hydrogen-bond acceptors (Lipinski definition) is 4. The first-order chi connectivity index (χ1) is 16.2. The summed E-state index contributed by atoms with van der Waals surface area (Å²) in [6.45, 7) is 15.0. The van der Waals surface area contributed by atoms with Crippen molar-refractivity contribution < 1.29 is 9.59 Å². The van der Waals surface area contributed by atoms with Crippen molar-refractivity contribution in [2.24, 2.45) is 0 Å². The molecule has 0 bridgehead atoms. The van der Waals surface area contributed by atoms with Crippen LogP contribution in [-0.4, -0.2) is 30.4 Å². The van der Waals surface area contributed by atoms with E-state index < -0.39 is 0 Å². The van der Waals surface area contributed by atoms with Crippen LogP contribution in [0.3, 0.4) is 0 Å². The second-order valence-electron chi connectivity index (χ2n) is 8.75. The highest BCUT2D eigenvalue weighted by molar-refractivity contribution is 5.89. The number of nitrogens with zero attached hydrogens (tertiary/aromatic N) is 1. The molecule has 2 amide bonds. The molecule has 2 aromatic carbocycles. The van der Waals surface area contributed by atoms with Crippen LogP contribution < -0.4 is 20.9 Å². The molecule has 0 radical (unpaired) electrons. The van der Waals surface area contributed by atoms with E-state index in [2.05, 4.69) is 67.6 Å². The van der Waals surface area contributed by atoms with Crippen LogP contribution >= 0.6 is 0 Å². The number of nitrogens with one attached hydrogen (secondary N) is 3. The molecule has 6 heteroatoms. The van der Waals surface area contributed by atoms with Crippen molar-refractivity contribution in [1.82, 2.24) is 0 Å². The van der Waals surface area contributed by atoms with Gasteiger partial charge in [-0.2, -0.15) is 0 Å². The van der Waals surface area contributed by atoms with E-state index in [1.807, 2.05) is 36.4 Å². The first kappa shape index (κ1) is 29.0. The second kappa shape index (κ2) is 15.8. The molecule has 0 saturated carbocycles. The van der Waals surface area contributed by atoms with Gasteiger partial charge < -0.3 is 20.9 Å². The molecule has 0 fully saturated rings. The average molecular weight is 469 g/mol. The quantitative estimate of drug-likeness (QED) is 0.335. The predicted octanol–water partition coefficient (Wildman–Crippen LogP) is 6.91. The van der Waals surface area contributed by atoms with Gasteiger partial charge in [0.25, 0.3) is 0 Å². The van der Waals surface area contributed by atoms with Crippen molar-refractivity contribution in [3.8, 4) is 0 Å². The van der Waals surface area contributed by atoms with Gasteiger partial charge in [0.2, 0.25) is 11.8 Å². The monoisotopic (exact) mass is 468 g/mol. The van der Waals surface area contributed by atoms with Crippen molar-refractivity contribution in [3.05, 3.63) is 48.5 Å². The van der Waals surface area contributed by atoms with Crippen molar-refractivity contribution in [2.45, 2.75) is 86.2 Å². The first-order valence-electron chi connectivity index (χ1n) is 12.5. The molecule has 6 nitrogen and oxygen atoms in total. The molecule has 0 spiro atoms. The fraction of sp³-hybridized carbons (Fsp3) is 0.500. The Morgan fingerprint density at radius 1 is 0.824 bits per heavy atom. The predicted molar refractivity (Wildman–Crippen MR) is 147 cm³/mol. The van der Waals surface area contributed by atoms with E-state index in [0.717, 1.165) is 36.4 Å². The van der Waals surface area contributed by atoms with Gasteiger partial charge >= 0.3 is 0 Å². The Morgan fingerprint density at radius 3 is 1.91 bits per heavy atom. The zero-order valence-electron chi connectivity index (χ0n) is 22.1. The Bertz CT molecular complexity index is 884. The summed E-state index contributed by atoms with van der Waals surface area (Å²) in [5, 5.41) is 8.96. The summed E-state index contributed by atoms with van der Waals surface area (Å²) in [6.07, 6.45) is 4.57. The van der Waals surface area contributed by atoms with Crippen molar-refractivity contribution >= 4 is 34.6 Å². The van der Waals surface area contributed by atoms with Crippen LogP contribution in [0.1, 0.15) is 74.1 Å². The van der Waals surface area contributed by atoms with E-state index in [4.69, 9.17) is 0 Å². The molecular formula is C28H44N4O2. The molecule has 3 N–H and O–H groups in total. The lowest BCUT2D eigenvalue weighted by Crippen LogP contribution is -2.33. The number of carbonyl (C=O) groups is 2. The second-order valence-corrected chi connectivity index (χ2v) is 8.75. The molecule has 34 heavy (non-hydrogen) atoms. The van der Waals surface area contributed by atoms with Gasteiger partial charge in [-0.1, -0.05) is 39.3 Å². The van der Waals surface area contributed by atoms with E-state index in [-0.39, 0.29) is 11.8 Å². The number of benzene rings is 2. The molecule has 188 valence electrons. The van der Waals surface area contributed by atoms with Crippen molar-refractivity contribution in [1.29, 1.82) is 0 Å². The van der Waals surface area contributed by atoms with Crippen LogP contribution in [0.5, 0.6) is 0 Å². The van der Waals surface area contributed by atoms with Crippen LogP contribution in [0.2, 0.25) is 0 Å². The third kappa shape index (κ3) is 11.2. The third-order valence-corrected chi connectivity index (χ3v) is 5.58. The van der Waals surface area contributed by atoms with Gasteiger partial charge in [-0.3, -0.25) is 9.59 Å². The summed E-state index contributed by atoms with van der Waals surface area (Å²) in [5.74, 6) is -0.0727. The number of unbranched alkanes of at least 4 members (excludes halogenated alkanes) is 1. The van der Waals surface area contributed by atoms with Crippen molar-refractivity contribution in [2.75, 3.05) is 27.4 Å². The van der Waals surface area contributed by atoms with Gasteiger partial charge in [0.05, 0.1) is 0 Å². The number of carbonyl (C=O) groups excluding carboxylic acids is 2. The van der Waals surface area contributed by atoms with Crippen molar-refractivity contribution in [3.63, 3.8) is 0 Å². The maximum atomic E-state index is 11.1. The highest BCUT2D eigenvalue weighted by Crippen LogP contribution is 2.23. The Kier molecular flexibility index (Phi) is 13.4. The topological polar surface area (TPSA) is 73.5 Å². The lowest BCUT2D eigenvalue weighted by atomic mass is 10.1. The molecule has 0 saturated heterocycles. The van der Waals surface area contributed by atoms with Crippen LogP contribution in [0.25, 0.3) is 0 Å². The first-order valence-corrected chi connectivity index (χ1v) is 12.5. The smallest absolute Gasteiger partial charge is 0.221 e. The maximum Gasteiger partial charge on any atom is 0.221 e. The normalized spacial score (nSPS) is 12.0. The SMILES string of the molecule is CCC(C)Nc1cccc(NC(C)=O)c1.CCCCN(c1cccc(NC(C)=O)c1)C(C)CC. The molecule has 2 rings (SSSR count). The van der Waals surface area contributed by atoms with E-state index in [0.29, 0.717) is 12.1 Å². The van der Waals surface area contributed by atoms with Gasteiger partial charge in [0.15, 0.2) is 0 Å². The minimum absolute atomic E-state index is 0.0270.